The van der Waals surface area contributed by atoms with Crippen molar-refractivity contribution >= 4 is 17.9 Å². The van der Waals surface area contributed by atoms with Crippen LogP contribution < -0.4 is 9.47 Å². The highest BCUT2D eigenvalue weighted by Crippen LogP contribution is 2.27. The Morgan fingerprint density at radius 2 is 1.25 bits per heavy atom. The summed E-state index contributed by atoms with van der Waals surface area (Å²) in [5.41, 5.74) is 1.47. The average Bonchev–Trinajstić information content (AvgIpc) is 2.60. The third-order valence-corrected chi connectivity index (χ3v) is 3.29. The van der Waals surface area contributed by atoms with Crippen LogP contribution in [0.4, 0.5) is 0 Å². The third-order valence-electron chi connectivity index (χ3n) is 3.29. The van der Waals surface area contributed by atoms with Gasteiger partial charge in [0.1, 0.15) is 0 Å². The molecule has 0 bridgehead atoms. The van der Waals surface area contributed by atoms with E-state index in [1.165, 1.54) is 38.5 Å². The van der Waals surface area contributed by atoms with Crippen LogP contribution in [0, 0.1) is 0 Å². The number of phenols is 2. The highest BCUT2D eigenvalue weighted by molar-refractivity contribution is 6.04. The van der Waals surface area contributed by atoms with E-state index in [-0.39, 0.29) is 17.3 Å². The summed E-state index contributed by atoms with van der Waals surface area (Å²) in [6.45, 7) is 0. The molecular formula is C19H18O5. The number of ketones is 1. The maximum absolute atomic E-state index is 11.9. The van der Waals surface area contributed by atoms with Gasteiger partial charge in [-0.25, -0.2) is 0 Å². The van der Waals surface area contributed by atoms with Crippen LogP contribution in [0.15, 0.2) is 48.6 Å². The summed E-state index contributed by atoms with van der Waals surface area (Å²) in [7, 11) is 2.92. The summed E-state index contributed by atoms with van der Waals surface area (Å²) in [6, 6.07) is 9.62. The van der Waals surface area contributed by atoms with Crippen molar-refractivity contribution in [3.8, 4) is 23.0 Å². The molecule has 0 amide bonds. The molecule has 2 rings (SSSR count). The minimum Gasteiger partial charge on any atom is -0.504 e. The number of hydrogen-bond donors (Lipinski definition) is 2. The van der Waals surface area contributed by atoms with Gasteiger partial charge in [0.05, 0.1) is 14.2 Å². The summed E-state index contributed by atoms with van der Waals surface area (Å²) in [5, 5.41) is 19.1. The van der Waals surface area contributed by atoms with Crippen molar-refractivity contribution in [1.82, 2.24) is 0 Å². The molecule has 0 aliphatic carbocycles. The van der Waals surface area contributed by atoms with Crippen molar-refractivity contribution in [2.24, 2.45) is 0 Å². The molecule has 0 aromatic heterocycles. The topological polar surface area (TPSA) is 76.0 Å². The van der Waals surface area contributed by atoms with Gasteiger partial charge in [-0.2, -0.15) is 0 Å². The van der Waals surface area contributed by atoms with Crippen molar-refractivity contribution < 1.29 is 24.5 Å². The predicted octanol–water partition coefficient (Wildman–Crippen LogP) is 3.41. The molecule has 0 saturated carbocycles. The molecule has 0 radical (unpaired) electrons. The molecule has 5 nitrogen and oxygen atoms in total. The lowest BCUT2D eigenvalue weighted by Gasteiger charge is -2.03. The Bertz CT molecular complexity index is 725. The van der Waals surface area contributed by atoms with E-state index < -0.39 is 0 Å². The SMILES string of the molecule is COc1cc(/C=C\C(=O)/C=C/c2ccc(O)c(OC)c2)ccc1O. The fourth-order valence-electron chi connectivity index (χ4n) is 2.01. The number of rotatable bonds is 6. The molecule has 0 saturated heterocycles. The second kappa shape index (κ2) is 7.87. The maximum Gasteiger partial charge on any atom is 0.178 e. The Morgan fingerprint density at radius 3 is 1.62 bits per heavy atom. The second-order valence-corrected chi connectivity index (χ2v) is 4.93. The van der Waals surface area contributed by atoms with E-state index in [9.17, 15) is 15.0 Å². The van der Waals surface area contributed by atoms with E-state index in [1.54, 1.807) is 36.4 Å². The van der Waals surface area contributed by atoms with Crippen LogP contribution >= 0.6 is 0 Å². The van der Waals surface area contributed by atoms with Gasteiger partial charge in [-0.15, -0.1) is 0 Å². The number of aromatic hydroxyl groups is 2. The Hall–Kier alpha value is -3.21. The second-order valence-electron chi connectivity index (χ2n) is 4.93. The highest BCUT2D eigenvalue weighted by atomic mass is 16.5. The molecule has 0 heterocycles. The van der Waals surface area contributed by atoms with E-state index in [2.05, 4.69) is 0 Å². The molecule has 0 aliphatic rings. The van der Waals surface area contributed by atoms with Crippen LogP contribution in [0.5, 0.6) is 23.0 Å². The summed E-state index contributed by atoms with van der Waals surface area (Å²) < 4.78 is 10.0. The molecule has 0 atom stereocenters. The Labute approximate surface area is 140 Å². The zero-order chi connectivity index (χ0) is 17.5. The molecule has 2 aromatic rings. The van der Waals surface area contributed by atoms with Crippen LogP contribution in [0.2, 0.25) is 0 Å². The van der Waals surface area contributed by atoms with Crippen LogP contribution in [-0.4, -0.2) is 30.2 Å². The first-order valence-electron chi connectivity index (χ1n) is 7.17. The van der Waals surface area contributed by atoms with Gasteiger partial charge in [0, 0.05) is 0 Å². The number of ether oxygens (including phenoxy) is 2. The number of allylic oxidation sites excluding steroid dienone is 2. The number of phenolic OH excluding ortho intramolecular Hbond substituents is 2. The van der Waals surface area contributed by atoms with Crippen LogP contribution in [0.25, 0.3) is 12.2 Å². The molecule has 24 heavy (non-hydrogen) atoms. The average molecular weight is 326 g/mol. The lowest BCUT2D eigenvalue weighted by Crippen LogP contribution is -1.87. The number of methoxy groups -OCH3 is 2. The van der Waals surface area contributed by atoms with Gasteiger partial charge in [-0.1, -0.05) is 24.3 Å². The summed E-state index contributed by atoms with van der Waals surface area (Å²) in [6.07, 6.45) is 6.10. The first-order valence-corrected chi connectivity index (χ1v) is 7.17. The number of hydrogen-bond acceptors (Lipinski definition) is 5. The zero-order valence-electron chi connectivity index (χ0n) is 13.4. The predicted molar refractivity (Wildman–Crippen MR) is 92.4 cm³/mol. The molecule has 0 spiro atoms. The Balaban J connectivity index is 2.07. The lowest BCUT2D eigenvalue weighted by atomic mass is 10.1. The maximum atomic E-state index is 11.9. The normalized spacial score (nSPS) is 11.1. The van der Waals surface area contributed by atoms with E-state index in [1.807, 2.05) is 0 Å². The quantitative estimate of drug-likeness (QED) is 0.796. The summed E-state index contributed by atoms with van der Waals surface area (Å²) in [5.74, 6) is 0.575. The van der Waals surface area contributed by atoms with Gasteiger partial charge in [-0.05, 0) is 47.5 Å². The smallest absolute Gasteiger partial charge is 0.178 e. The van der Waals surface area contributed by atoms with Crippen LogP contribution in [-0.2, 0) is 4.79 Å². The molecule has 0 unspecified atom stereocenters. The molecule has 2 aromatic carbocycles. The molecule has 0 fully saturated rings. The van der Waals surface area contributed by atoms with Gasteiger partial charge in [0.25, 0.3) is 0 Å². The molecule has 5 heteroatoms. The van der Waals surface area contributed by atoms with Crippen molar-refractivity contribution in [1.29, 1.82) is 0 Å². The molecular weight excluding hydrogens is 308 g/mol. The monoisotopic (exact) mass is 326 g/mol. The van der Waals surface area contributed by atoms with E-state index in [0.29, 0.717) is 11.5 Å². The largest absolute Gasteiger partial charge is 0.504 e. The van der Waals surface area contributed by atoms with Gasteiger partial charge in [0.15, 0.2) is 28.8 Å². The van der Waals surface area contributed by atoms with Crippen molar-refractivity contribution in [2.75, 3.05) is 14.2 Å². The molecule has 2 N–H and O–H groups in total. The van der Waals surface area contributed by atoms with Crippen molar-refractivity contribution in [3.63, 3.8) is 0 Å². The third kappa shape index (κ3) is 4.39. The van der Waals surface area contributed by atoms with Crippen LogP contribution in [0.1, 0.15) is 11.1 Å². The van der Waals surface area contributed by atoms with Gasteiger partial charge >= 0.3 is 0 Å². The molecule has 0 aliphatic heterocycles. The summed E-state index contributed by atoms with van der Waals surface area (Å²) >= 11 is 0. The first kappa shape index (κ1) is 17.1. The minimum absolute atomic E-state index is 0.0437. The van der Waals surface area contributed by atoms with E-state index in [4.69, 9.17) is 9.47 Å². The minimum atomic E-state index is -0.200. The van der Waals surface area contributed by atoms with Gasteiger partial charge in [0.2, 0.25) is 0 Å². The van der Waals surface area contributed by atoms with Crippen molar-refractivity contribution in [3.05, 3.63) is 59.7 Å². The van der Waals surface area contributed by atoms with Crippen LogP contribution in [0.3, 0.4) is 0 Å². The number of carbonyl (C=O) groups excluding carboxylic acids is 1. The van der Waals surface area contributed by atoms with Gasteiger partial charge < -0.3 is 19.7 Å². The molecule has 124 valence electrons. The lowest BCUT2D eigenvalue weighted by molar-refractivity contribution is -0.110. The fourth-order valence-corrected chi connectivity index (χ4v) is 2.01. The zero-order valence-corrected chi connectivity index (χ0v) is 13.4. The Morgan fingerprint density at radius 1 is 0.833 bits per heavy atom. The Kier molecular flexibility index (Phi) is 5.63. The summed E-state index contributed by atoms with van der Waals surface area (Å²) in [4.78, 5) is 11.9. The fraction of sp³-hybridized carbons (Fsp3) is 0.105. The number of benzene rings is 2. The number of carbonyl (C=O) groups is 1. The highest BCUT2D eigenvalue weighted by Gasteiger charge is 2.02. The van der Waals surface area contributed by atoms with Crippen molar-refractivity contribution in [2.45, 2.75) is 0 Å². The first-order chi connectivity index (χ1) is 11.5. The van der Waals surface area contributed by atoms with E-state index in [0.717, 1.165) is 11.1 Å². The standard InChI is InChI=1S/C19H18O5/c1-23-18-11-13(5-9-16(18)21)3-7-15(20)8-4-14-6-10-17(22)19(12-14)24-2/h3-12,21-22H,1-2H3/b7-3-,8-4+. The van der Waals surface area contributed by atoms with E-state index >= 15 is 0 Å². The van der Waals surface area contributed by atoms with Gasteiger partial charge in [-0.3, -0.25) is 4.79 Å².